The third kappa shape index (κ3) is 38.2. The van der Waals surface area contributed by atoms with Crippen LogP contribution in [0.1, 0.15) is 363 Å². The molecule has 0 radical (unpaired) electrons. The van der Waals surface area contributed by atoms with E-state index in [4.69, 9.17) is 4.42 Å². The van der Waals surface area contributed by atoms with Crippen molar-refractivity contribution in [3.05, 3.63) is 100 Å². The monoisotopic (exact) mass is 1400 g/mol. The van der Waals surface area contributed by atoms with Crippen molar-refractivity contribution in [1.82, 2.24) is 20.3 Å². The maximum Gasteiger partial charge on any atom is 0.203 e. The zero-order valence-corrected chi connectivity index (χ0v) is 71.4. The van der Waals surface area contributed by atoms with E-state index in [9.17, 15) is 28.8 Å². The molecule has 0 saturated heterocycles. The molecule has 2 N–H and O–H groups in total. The van der Waals surface area contributed by atoms with Crippen molar-refractivity contribution >= 4 is 68.7 Å². The van der Waals surface area contributed by atoms with Crippen molar-refractivity contribution in [3.63, 3.8) is 0 Å². The minimum absolute atomic E-state index is 0.0626. The molecule has 5 heterocycles. The molecule has 0 spiro atoms. The molecule has 0 aliphatic heterocycles. The van der Waals surface area contributed by atoms with Gasteiger partial charge < -0.3 is 14.7 Å². The Morgan fingerprint density at radius 1 is 0.433 bits per heavy atom. The second-order valence-electron chi connectivity index (χ2n) is 40.1. The van der Waals surface area contributed by atoms with Gasteiger partial charge in [-0.1, -0.05) is 242 Å². The molecule has 0 bridgehead atoms. The lowest BCUT2D eigenvalue weighted by Gasteiger charge is -2.22. The normalized spacial score (nSPS) is 12.9. The van der Waals surface area contributed by atoms with Gasteiger partial charge in [-0.05, 0) is 110 Å². The first-order valence-corrected chi connectivity index (χ1v) is 37.6. The van der Waals surface area contributed by atoms with Crippen LogP contribution in [0.3, 0.4) is 0 Å². The number of Topliss-reactive ketones (excluding diaryl/α,β-unsaturated/α-hetero) is 6. The minimum atomic E-state index is -0.378. The Hall–Kier alpha value is -4.50. The molecule has 0 amide bonds. The van der Waals surface area contributed by atoms with Crippen molar-refractivity contribution in [2.24, 2.45) is 59.6 Å². The van der Waals surface area contributed by atoms with Crippen LogP contribution in [-0.4, -0.2) is 61.7 Å². The van der Waals surface area contributed by atoms with Crippen LogP contribution in [0.5, 0.6) is 0 Å². The summed E-state index contributed by atoms with van der Waals surface area (Å²) >= 11 is 5.01. The van der Waals surface area contributed by atoms with Crippen molar-refractivity contribution in [3.8, 4) is 0 Å². The molecule has 97 heavy (non-hydrogen) atoms. The van der Waals surface area contributed by atoms with E-state index in [2.05, 4.69) is 165 Å². The van der Waals surface area contributed by atoms with E-state index < -0.39 is 0 Å². The predicted octanol–water partition coefficient (Wildman–Crippen LogP) is 24.2. The number of hydrogen-bond donors (Lipinski definition) is 2. The lowest BCUT2D eigenvalue weighted by atomic mass is 9.87. The maximum absolute atomic E-state index is 12.5. The SMILES string of the molecule is CC(C)(C)Cc1ccc(C(=O)C(C)(C)C)[nH]1.CC(C)(C)Cc1ccc(C(=O)C(C)(C)C)o1.CC(C)(C)Cc1ccc(C(=O)C(C)(C)C)s1.CC(C)(C)NCCC(=O)C(C)(C)C.CC(C)c1sc(CC(C)(C)C)nc1C(=O)C(C)(C)C.Cc1sc(CC(C)(C)C)nc1C(=O)C(C)(C)C. The lowest BCUT2D eigenvalue weighted by Crippen LogP contribution is -2.38. The van der Waals surface area contributed by atoms with Crippen molar-refractivity contribution < 1.29 is 33.2 Å². The number of aryl methyl sites for hydroxylation is 1. The molecular formula is C83H140N4O7S3. The number of hydrogen-bond acceptors (Lipinski definition) is 13. The number of aromatic nitrogens is 3. The number of nitrogens with one attached hydrogen (secondary N) is 2. The zero-order valence-electron chi connectivity index (χ0n) is 69.0. The van der Waals surface area contributed by atoms with E-state index in [1.807, 2.05) is 156 Å². The van der Waals surface area contributed by atoms with E-state index >= 15 is 0 Å². The number of furan rings is 1. The van der Waals surface area contributed by atoms with E-state index in [-0.39, 0.29) is 94.0 Å². The average molecular weight is 1400 g/mol. The molecule has 5 aromatic rings. The number of aromatic amines is 1. The highest BCUT2D eigenvalue weighted by atomic mass is 32.1. The number of thiophene rings is 1. The van der Waals surface area contributed by atoms with Gasteiger partial charge in [-0.25, -0.2) is 9.97 Å². The number of carbonyl (C=O) groups is 6. The molecule has 0 unspecified atom stereocenters. The van der Waals surface area contributed by atoms with E-state index in [1.165, 1.54) is 4.88 Å². The number of carbonyl (C=O) groups excluding carboxylic acids is 6. The Bertz CT molecular complexity index is 3120. The first-order chi connectivity index (χ1) is 42.8. The van der Waals surface area contributed by atoms with Crippen LogP contribution >= 0.6 is 34.0 Å². The second kappa shape index (κ2) is 35.4. The third-order valence-electron chi connectivity index (χ3n) is 14.0. The van der Waals surface area contributed by atoms with Crippen molar-refractivity contribution in [2.45, 2.75) is 320 Å². The Morgan fingerprint density at radius 2 is 0.845 bits per heavy atom. The number of thiazole rings is 2. The summed E-state index contributed by atoms with van der Waals surface area (Å²) in [6.07, 6.45) is 5.33. The Balaban J connectivity index is 0.00000114. The highest BCUT2D eigenvalue weighted by molar-refractivity contribution is 7.14. The van der Waals surface area contributed by atoms with Crippen LogP contribution in [0, 0.1) is 66.5 Å². The zero-order chi connectivity index (χ0) is 76.8. The van der Waals surface area contributed by atoms with E-state index in [0.717, 1.165) is 80.4 Å². The largest absolute Gasteiger partial charge is 0.458 e. The molecule has 0 aromatic carbocycles. The summed E-state index contributed by atoms with van der Waals surface area (Å²) in [6, 6.07) is 11.7. The summed E-state index contributed by atoms with van der Waals surface area (Å²) in [5.41, 5.74) is 2.59. The maximum atomic E-state index is 12.5. The van der Waals surface area contributed by atoms with Gasteiger partial charge in [0.1, 0.15) is 22.9 Å². The molecule has 552 valence electrons. The molecule has 14 heteroatoms. The van der Waals surface area contributed by atoms with E-state index in [1.54, 1.807) is 40.1 Å². The average Bonchev–Trinajstić information content (AvgIpc) is 1.69. The summed E-state index contributed by atoms with van der Waals surface area (Å²) < 4.78 is 5.60. The number of rotatable bonds is 14. The van der Waals surface area contributed by atoms with Gasteiger partial charge in [0.25, 0.3) is 0 Å². The standard InChI is InChI=1S/C16H27NOS.C14H23NOS.C14H23NO.C14H22O2.C14H22OS.C11H23NO/c1-10(2)13-12(14(18)16(6,7)8)17-11(19-13)9-15(3,4)5;1-9-11(12(16)14(5,6)7)15-10(17-9)8-13(2,3)4;1-13(2,3)9-10-7-8-11(15-10)12(16)14(4,5)6;2*1-13(2,3)9-10-7-8-11(16-10)12(15)14(4,5)6;1-10(2,3)9(13)7-8-12-11(4,5)6/h10H,9H2,1-8H3;8H2,1-7H3;7-8,15H,9H2,1-6H3;2*7-8H,9H2,1-6H3;12H,7-8H2,1-6H3. The summed E-state index contributed by atoms with van der Waals surface area (Å²) in [4.78, 5) is 89.0. The minimum Gasteiger partial charge on any atom is -0.458 e. The summed E-state index contributed by atoms with van der Waals surface area (Å²) in [7, 11) is 0. The Morgan fingerprint density at radius 3 is 1.24 bits per heavy atom. The Labute approximate surface area is 604 Å². The second-order valence-corrected chi connectivity index (χ2v) is 43.7. The molecule has 0 fully saturated rings. The van der Waals surface area contributed by atoms with Gasteiger partial charge >= 0.3 is 0 Å². The molecule has 11 nitrogen and oxygen atoms in total. The van der Waals surface area contributed by atoms with Crippen LogP contribution in [0.4, 0.5) is 0 Å². The molecule has 0 saturated carbocycles. The summed E-state index contributed by atoms with van der Waals surface area (Å²) in [5.74, 6) is 2.83. The van der Waals surface area contributed by atoms with Gasteiger partial charge in [-0.2, -0.15) is 0 Å². The van der Waals surface area contributed by atoms with E-state index in [0.29, 0.717) is 35.3 Å². The van der Waals surface area contributed by atoms with Crippen molar-refractivity contribution in [2.75, 3.05) is 6.54 Å². The fraction of sp³-hybridized carbons (Fsp3) is 0.711. The van der Waals surface area contributed by atoms with Crippen LogP contribution in [0.2, 0.25) is 0 Å². The fourth-order valence-corrected chi connectivity index (χ4v) is 13.0. The molecule has 5 rings (SSSR count). The summed E-state index contributed by atoms with van der Waals surface area (Å²) in [5, 5.41) is 5.46. The van der Waals surface area contributed by atoms with Gasteiger partial charge in [0, 0.05) is 90.6 Å². The number of ketones is 6. The third-order valence-corrected chi connectivity index (χ3v) is 17.4. The molecule has 5 aromatic heterocycles. The van der Waals surface area contributed by atoms with Gasteiger partial charge in [0.15, 0.2) is 28.9 Å². The van der Waals surface area contributed by atoms with Crippen molar-refractivity contribution in [1.29, 1.82) is 0 Å². The summed E-state index contributed by atoms with van der Waals surface area (Å²) in [6.45, 7) is 81.3. The van der Waals surface area contributed by atoms with Gasteiger partial charge in [0.05, 0.1) is 20.6 Å². The fourth-order valence-electron chi connectivity index (χ4n) is 8.91. The molecule has 0 aliphatic carbocycles. The predicted molar refractivity (Wildman–Crippen MR) is 418 cm³/mol. The van der Waals surface area contributed by atoms with Gasteiger partial charge in [-0.3, -0.25) is 28.8 Å². The van der Waals surface area contributed by atoms with Gasteiger partial charge in [0.2, 0.25) is 5.78 Å². The van der Waals surface area contributed by atoms with Crippen LogP contribution < -0.4 is 5.32 Å². The quantitative estimate of drug-likeness (QED) is 0.102. The smallest absolute Gasteiger partial charge is 0.203 e. The van der Waals surface area contributed by atoms with Crippen LogP contribution in [0.15, 0.2) is 40.8 Å². The first-order valence-electron chi connectivity index (χ1n) is 35.2. The molecule has 0 atom stereocenters. The van der Waals surface area contributed by atoms with Crippen LogP contribution in [0.25, 0.3) is 0 Å². The highest BCUT2D eigenvalue weighted by Crippen LogP contribution is 2.36. The number of H-pyrrole nitrogens is 1. The highest BCUT2D eigenvalue weighted by Gasteiger charge is 2.33. The van der Waals surface area contributed by atoms with Gasteiger partial charge in [-0.15, -0.1) is 34.0 Å². The van der Waals surface area contributed by atoms with Crippen LogP contribution in [-0.2, 0) is 36.9 Å². The topological polar surface area (TPSA) is 169 Å². The Kier molecular flexibility index (Phi) is 33.8. The first kappa shape index (κ1) is 92.5. The lowest BCUT2D eigenvalue weighted by molar-refractivity contribution is -0.126. The number of nitrogens with zero attached hydrogens (tertiary/aromatic N) is 2. The molecule has 0 aliphatic rings. The molecular weight excluding hydrogens is 1260 g/mol.